The Bertz CT molecular complexity index is 877. The fourth-order valence-electron chi connectivity index (χ4n) is 4.14. The molecule has 0 radical (unpaired) electrons. The van der Waals surface area contributed by atoms with Gasteiger partial charge in [0.25, 0.3) is 5.66 Å². The van der Waals surface area contributed by atoms with Gasteiger partial charge >= 0.3 is 0 Å². The van der Waals surface area contributed by atoms with E-state index in [9.17, 15) is 10.4 Å². The molecule has 1 atom stereocenters. The van der Waals surface area contributed by atoms with Crippen LogP contribution >= 0.6 is 11.3 Å². The highest BCUT2D eigenvalue weighted by molar-refractivity contribution is 7.12. The molecule has 1 spiro atoms. The number of hydroxylamine groups is 3. The molecule has 0 unspecified atom stereocenters. The van der Waals surface area contributed by atoms with Gasteiger partial charge in [-0.05, 0) is 56.7 Å². The van der Waals surface area contributed by atoms with Gasteiger partial charge in [-0.1, -0.05) is 24.3 Å². The molecule has 142 valence electrons. The van der Waals surface area contributed by atoms with Crippen LogP contribution in [0.15, 0.2) is 52.9 Å². The number of rotatable bonds is 3. The first-order valence-electron chi connectivity index (χ1n) is 9.24. The summed E-state index contributed by atoms with van der Waals surface area (Å²) < 4.78 is 1.00. The number of thiophene rings is 1. The Kier molecular flexibility index (Phi) is 4.53. The van der Waals surface area contributed by atoms with Crippen molar-refractivity contribution < 1.29 is 9.95 Å². The number of nitrogens with one attached hydrogen (secondary N) is 1. The lowest BCUT2D eigenvalue weighted by Gasteiger charge is -2.38. The van der Waals surface area contributed by atoms with Crippen LogP contribution in [-0.4, -0.2) is 37.6 Å². The lowest BCUT2D eigenvalue weighted by molar-refractivity contribution is -0.568. The van der Waals surface area contributed by atoms with Crippen LogP contribution in [0.1, 0.15) is 44.4 Å². The van der Waals surface area contributed by atoms with Crippen LogP contribution in [0.5, 0.6) is 0 Å². The molecule has 1 saturated carbocycles. The van der Waals surface area contributed by atoms with Crippen molar-refractivity contribution in [1.82, 2.24) is 5.06 Å². The fourth-order valence-corrected chi connectivity index (χ4v) is 5.05. The first kappa shape index (κ1) is 18.2. The summed E-state index contributed by atoms with van der Waals surface area (Å²) in [6.45, 7) is 3.77. The van der Waals surface area contributed by atoms with Gasteiger partial charge in [-0.2, -0.15) is 9.84 Å². The monoisotopic (exact) mass is 384 g/mol. The second kappa shape index (κ2) is 6.74. The largest absolute Gasteiger partial charge is 0.622 e. The Labute approximate surface area is 163 Å². The van der Waals surface area contributed by atoms with Gasteiger partial charge in [-0.25, -0.2) is 0 Å². The third-order valence-corrected chi connectivity index (χ3v) is 6.37. The average Bonchev–Trinajstić information content (AvgIpc) is 3.24. The van der Waals surface area contributed by atoms with E-state index in [-0.39, 0.29) is 0 Å². The predicted octanol–water partition coefficient (Wildman–Crippen LogP) is 4.27. The first-order chi connectivity index (χ1) is 13.0. The number of para-hydroxylation sites is 1. The van der Waals surface area contributed by atoms with Gasteiger partial charge in [-0.15, -0.1) is 16.4 Å². The van der Waals surface area contributed by atoms with Crippen LogP contribution in [-0.2, 0) is 0 Å². The minimum absolute atomic E-state index is 0.542. The van der Waals surface area contributed by atoms with Crippen LogP contribution in [0, 0.1) is 5.21 Å². The van der Waals surface area contributed by atoms with Gasteiger partial charge in [0.15, 0.2) is 0 Å². The van der Waals surface area contributed by atoms with E-state index in [1.165, 1.54) is 16.4 Å². The molecule has 4 rings (SSSR count). The van der Waals surface area contributed by atoms with Gasteiger partial charge in [-0.3, -0.25) is 5.43 Å². The number of benzene rings is 1. The van der Waals surface area contributed by atoms with E-state index in [1.54, 1.807) is 0 Å². The van der Waals surface area contributed by atoms with Crippen LogP contribution in [0.25, 0.3) is 0 Å². The summed E-state index contributed by atoms with van der Waals surface area (Å²) in [5, 5.41) is 32.6. The molecule has 0 amide bonds. The highest BCUT2D eigenvalue weighted by Gasteiger charge is 2.65. The summed E-state index contributed by atoms with van der Waals surface area (Å²) in [6, 6.07) is 13.5. The highest BCUT2D eigenvalue weighted by atomic mass is 32.1. The SMILES string of the molecule is CC1(C)C(c2cccs2)=[N+]([O-])[C@@]2(CCCC/C2=N/Nc2ccccc2)N1O. The molecule has 1 aromatic heterocycles. The Morgan fingerprint density at radius 2 is 1.96 bits per heavy atom. The van der Waals surface area contributed by atoms with E-state index in [0.717, 1.165) is 28.1 Å². The van der Waals surface area contributed by atoms with Gasteiger partial charge in [0.05, 0.1) is 10.6 Å². The van der Waals surface area contributed by atoms with Crippen molar-refractivity contribution in [3.63, 3.8) is 0 Å². The molecule has 1 aliphatic heterocycles. The zero-order valence-corrected chi connectivity index (χ0v) is 16.4. The minimum atomic E-state index is -1.16. The molecule has 2 aliphatic rings. The van der Waals surface area contributed by atoms with Crippen LogP contribution in [0.4, 0.5) is 5.69 Å². The molecule has 27 heavy (non-hydrogen) atoms. The zero-order valence-electron chi connectivity index (χ0n) is 15.6. The van der Waals surface area contributed by atoms with E-state index < -0.39 is 11.2 Å². The average molecular weight is 385 g/mol. The van der Waals surface area contributed by atoms with Crippen molar-refractivity contribution in [3.8, 4) is 0 Å². The maximum absolute atomic E-state index is 13.6. The molecule has 6 nitrogen and oxygen atoms in total. The molecule has 7 heteroatoms. The van der Waals surface area contributed by atoms with Crippen LogP contribution in [0.2, 0.25) is 0 Å². The summed E-state index contributed by atoms with van der Waals surface area (Å²) >= 11 is 1.52. The van der Waals surface area contributed by atoms with Gasteiger partial charge in [0.2, 0.25) is 5.71 Å². The Balaban J connectivity index is 1.80. The van der Waals surface area contributed by atoms with E-state index in [2.05, 4.69) is 10.5 Å². The Morgan fingerprint density at radius 3 is 2.67 bits per heavy atom. The second-order valence-corrected chi connectivity index (χ2v) is 8.50. The lowest BCUT2D eigenvalue weighted by atomic mass is 9.86. The molecule has 0 bridgehead atoms. The quantitative estimate of drug-likeness (QED) is 0.471. The first-order valence-corrected chi connectivity index (χ1v) is 10.1. The molecular formula is C20H24N4O2S. The van der Waals surface area contributed by atoms with Crippen molar-refractivity contribution in [2.75, 3.05) is 5.43 Å². The summed E-state index contributed by atoms with van der Waals surface area (Å²) in [6.07, 6.45) is 3.03. The van der Waals surface area contributed by atoms with Crippen molar-refractivity contribution in [2.45, 2.75) is 50.7 Å². The number of nitrogens with zero attached hydrogens (tertiary/aromatic N) is 3. The number of hydrogen-bond donors (Lipinski definition) is 2. The number of anilines is 1. The van der Waals surface area contributed by atoms with Crippen molar-refractivity contribution in [3.05, 3.63) is 57.9 Å². The Morgan fingerprint density at radius 1 is 1.19 bits per heavy atom. The molecular weight excluding hydrogens is 360 g/mol. The molecule has 1 aromatic carbocycles. The zero-order chi connectivity index (χ0) is 19.1. The van der Waals surface area contributed by atoms with E-state index >= 15 is 0 Å². The van der Waals surface area contributed by atoms with Gasteiger partial charge < -0.3 is 10.4 Å². The summed E-state index contributed by atoms with van der Waals surface area (Å²) in [5.41, 5.74) is 3.21. The summed E-state index contributed by atoms with van der Waals surface area (Å²) in [5.74, 6) is 0. The van der Waals surface area contributed by atoms with E-state index in [1.807, 2.05) is 61.7 Å². The van der Waals surface area contributed by atoms with Crippen molar-refractivity contribution in [1.29, 1.82) is 0 Å². The van der Waals surface area contributed by atoms with Gasteiger partial charge in [0, 0.05) is 6.42 Å². The summed E-state index contributed by atoms with van der Waals surface area (Å²) in [4.78, 5) is 0.881. The smallest absolute Gasteiger partial charge is 0.292 e. The van der Waals surface area contributed by atoms with Gasteiger partial charge in [0.1, 0.15) is 11.3 Å². The van der Waals surface area contributed by atoms with Crippen molar-refractivity contribution in [2.24, 2.45) is 5.10 Å². The predicted molar refractivity (Wildman–Crippen MR) is 108 cm³/mol. The van der Waals surface area contributed by atoms with Crippen molar-refractivity contribution >= 4 is 28.4 Å². The minimum Gasteiger partial charge on any atom is -0.622 e. The molecule has 2 aromatic rings. The summed E-state index contributed by atoms with van der Waals surface area (Å²) in [7, 11) is 0. The maximum Gasteiger partial charge on any atom is 0.292 e. The third kappa shape index (κ3) is 2.77. The standard InChI is InChI=1S/C20H24N4O2S/c1-19(2)18(16-11-8-14-27-16)23(25)20(24(19)26)13-7-6-12-17(20)22-21-15-9-4-3-5-10-15/h3-5,8-11,14,21,26H,6-7,12-13H2,1-2H3/b22-17-/t20-/m0/s1. The second-order valence-electron chi connectivity index (χ2n) is 7.55. The molecule has 2 heterocycles. The van der Waals surface area contributed by atoms with E-state index in [0.29, 0.717) is 24.3 Å². The molecule has 1 aliphatic carbocycles. The van der Waals surface area contributed by atoms with Crippen LogP contribution in [0.3, 0.4) is 0 Å². The normalized spacial score (nSPS) is 26.9. The topological polar surface area (TPSA) is 73.9 Å². The van der Waals surface area contributed by atoms with E-state index in [4.69, 9.17) is 0 Å². The lowest BCUT2D eigenvalue weighted by Crippen LogP contribution is -2.60. The maximum atomic E-state index is 13.6. The fraction of sp³-hybridized carbons (Fsp3) is 0.400. The molecule has 2 N–H and O–H groups in total. The third-order valence-electron chi connectivity index (χ3n) is 5.50. The molecule has 1 fully saturated rings. The van der Waals surface area contributed by atoms with Crippen LogP contribution < -0.4 is 5.43 Å². The number of hydrogen-bond acceptors (Lipinski definition) is 6. The molecule has 0 saturated heterocycles. The number of hydrazone groups is 1. The Hall–Kier alpha value is -2.22. The highest BCUT2D eigenvalue weighted by Crippen LogP contribution is 2.43.